The van der Waals surface area contributed by atoms with E-state index in [4.69, 9.17) is 9.47 Å². The highest BCUT2D eigenvalue weighted by Crippen LogP contribution is 2.25. The van der Waals surface area contributed by atoms with Gasteiger partial charge < -0.3 is 14.8 Å². The number of rotatable bonds is 7. The van der Waals surface area contributed by atoms with Gasteiger partial charge in [0, 0.05) is 13.2 Å². The van der Waals surface area contributed by atoms with Crippen molar-refractivity contribution >= 4 is 5.91 Å². The molecule has 0 aliphatic carbocycles. The van der Waals surface area contributed by atoms with Gasteiger partial charge in [0.1, 0.15) is 5.75 Å². The summed E-state index contributed by atoms with van der Waals surface area (Å²) < 4.78 is 10.5. The van der Waals surface area contributed by atoms with Crippen molar-refractivity contribution in [2.75, 3.05) is 20.3 Å². The van der Waals surface area contributed by atoms with Gasteiger partial charge in [-0.15, -0.1) is 0 Å². The molecule has 1 rings (SSSR count). The largest absolute Gasteiger partial charge is 0.483 e. The predicted molar refractivity (Wildman–Crippen MR) is 75.5 cm³/mol. The van der Waals surface area contributed by atoms with Crippen molar-refractivity contribution in [2.45, 2.75) is 32.7 Å². The third-order valence-electron chi connectivity index (χ3n) is 2.72. The van der Waals surface area contributed by atoms with Crippen molar-refractivity contribution in [1.82, 2.24) is 5.32 Å². The van der Waals surface area contributed by atoms with E-state index in [1.807, 2.05) is 31.2 Å². The summed E-state index contributed by atoms with van der Waals surface area (Å²) in [6.45, 7) is 6.61. The number of ether oxygens (including phenoxy) is 2. The average Bonchev–Trinajstić information content (AvgIpc) is 2.36. The van der Waals surface area contributed by atoms with Gasteiger partial charge in [-0.3, -0.25) is 4.79 Å². The lowest BCUT2D eigenvalue weighted by Crippen LogP contribution is -2.38. The molecule has 4 heteroatoms. The fraction of sp³-hybridized carbons (Fsp3) is 0.533. The van der Waals surface area contributed by atoms with E-state index in [2.05, 4.69) is 19.2 Å². The van der Waals surface area contributed by atoms with Crippen LogP contribution in [0.2, 0.25) is 0 Å². The van der Waals surface area contributed by atoms with Crippen molar-refractivity contribution in [1.29, 1.82) is 0 Å². The van der Waals surface area contributed by atoms with Crippen LogP contribution in [0.4, 0.5) is 0 Å². The molecular weight excluding hydrogens is 242 g/mol. The lowest BCUT2D eigenvalue weighted by atomic mass is 10.0. The summed E-state index contributed by atoms with van der Waals surface area (Å²) in [5, 5.41) is 2.81. The van der Waals surface area contributed by atoms with Gasteiger partial charge in [-0.1, -0.05) is 32.0 Å². The van der Waals surface area contributed by atoms with Crippen molar-refractivity contribution < 1.29 is 14.3 Å². The van der Waals surface area contributed by atoms with E-state index in [9.17, 15) is 4.79 Å². The Labute approximate surface area is 115 Å². The third-order valence-corrected chi connectivity index (χ3v) is 2.72. The lowest BCUT2D eigenvalue weighted by Gasteiger charge is -2.15. The van der Waals surface area contributed by atoms with E-state index < -0.39 is 0 Å². The predicted octanol–water partition coefficient (Wildman–Crippen LogP) is 2.34. The molecule has 1 atom stereocenters. The molecule has 1 unspecified atom stereocenters. The molecule has 0 aliphatic rings. The van der Waals surface area contributed by atoms with E-state index in [-0.39, 0.29) is 18.6 Å². The van der Waals surface area contributed by atoms with Gasteiger partial charge in [-0.25, -0.2) is 0 Å². The highest BCUT2D eigenvalue weighted by molar-refractivity contribution is 5.77. The number of para-hydroxylation sites is 1. The molecule has 0 fully saturated rings. The number of hydrogen-bond acceptors (Lipinski definition) is 3. The molecule has 0 bridgehead atoms. The topological polar surface area (TPSA) is 47.6 Å². The molecule has 4 nitrogen and oxygen atoms in total. The van der Waals surface area contributed by atoms with Crippen molar-refractivity contribution in [2.24, 2.45) is 0 Å². The zero-order chi connectivity index (χ0) is 14.3. The van der Waals surface area contributed by atoms with Gasteiger partial charge in [-0.05, 0) is 24.5 Å². The lowest BCUT2D eigenvalue weighted by molar-refractivity contribution is -0.124. The summed E-state index contributed by atoms with van der Waals surface area (Å²) >= 11 is 0. The molecule has 0 aromatic heterocycles. The first-order valence-electron chi connectivity index (χ1n) is 6.54. The minimum Gasteiger partial charge on any atom is -0.483 e. The Bertz CT molecular complexity index is 404. The Morgan fingerprint density at radius 2 is 1.95 bits per heavy atom. The van der Waals surface area contributed by atoms with Crippen LogP contribution in [0.25, 0.3) is 0 Å². The Morgan fingerprint density at radius 1 is 1.26 bits per heavy atom. The smallest absolute Gasteiger partial charge is 0.258 e. The normalized spacial score (nSPS) is 12.3. The van der Waals surface area contributed by atoms with Crippen LogP contribution >= 0.6 is 0 Å². The van der Waals surface area contributed by atoms with Gasteiger partial charge in [0.25, 0.3) is 5.91 Å². The number of methoxy groups -OCH3 is 1. The van der Waals surface area contributed by atoms with E-state index in [0.29, 0.717) is 12.5 Å². The van der Waals surface area contributed by atoms with Gasteiger partial charge in [-0.2, -0.15) is 0 Å². The highest BCUT2D eigenvalue weighted by atomic mass is 16.5. The summed E-state index contributed by atoms with van der Waals surface area (Å²) in [5.41, 5.74) is 1.11. The fourth-order valence-corrected chi connectivity index (χ4v) is 1.84. The van der Waals surface area contributed by atoms with Gasteiger partial charge in [0.2, 0.25) is 0 Å². The molecule has 0 aliphatic heterocycles. The monoisotopic (exact) mass is 265 g/mol. The second kappa shape index (κ2) is 7.79. The quantitative estimate of drug-likeness (QED) is 0.823. The molecule has 0 radical (unpaired) electrons. The maximum atomic E-state index is 11.7. The first-order valence-corrected chi connectivity index (χ1v) is 6.54. The van der Waals surface area contributed by atoms with Crippen LogP contribution < -0.4 is 10.1 Å². The van der Waals surface area contributed by atoms with Crippen LogP contribution in [0.3, 0.4) is 0 Å². The van der Waals surface area contributed by atoms with Gasteiger partial charge in [0.15, 0.2) is 6.61 Å². The summed E-state index contributed by atoms with van der Waals surface area (Å²) in [6.07, 6.45) is 0. The molecule has 1 amide bonds. The summed E-state index contributed by atoms with van der Waals surface area (Å²) in [4.78, 5) is 11.7. The SMILES string of the molecule is COCC(C)NC(=O)COc1ccccc1C(C)C. The first-order chi connectivity index (χ1) is 9.04. The summed E-state index contributed by atoms with van der Waals surface area (Å²) in [7, 11) is 1.61. The van der Waals surface area contributed by atoms with E-state index >= 15 is 0 Å². The van der Waals surface area contributed by atoms with Crippen LogP contribution in [0.15, 0.2) is 24.3 Å². The maximum Gasteiger partial charge on any atom is 0.258 e. The van der Waals surface area contributed by atoms with E-state index in [1.54, 1.807) is 7.11 Å². The maximum absolute atomic E-state index is 11.7. The standard InChI is InChI=1S/C15H23NO3/c1-11(2)13-7-5-6-8-14(13)19-10-15(17)16-12(3)9-18-4/h5-8,11-12H,9-10H2,1-4H3,(H,16,17). The van der Waals surface area contributed by atoms with Crippen LogP contribution in [0, 0.1) is 0 Å². The number of benzene rings is 1. The Morgan fingerprint density at radius 3 is 2.58 bits per heavy atom. The minimum absolute atomic E-state index is 0.0126. The van der Waals surface area contributed by atoms with Crippen molar-refractivity contribution in [3.63, 3.8) is 0 Å². The summed E-state index contributed by atoms with van der Waals surface area (Å²) in [5.74, 6) is 1.00. The van der Waals surface area contributed by atoms with Gasteiger partial charge in [0.05, 0.1) is 6.61 Å². The zero-order valence-electron chi connectivity index (χ0n) is 12.1. The van der Waals surface area contributed by atoms with E-state index in [1.165, 1.54) is 0 Å². The minimum atomic E-state index is -0.136. The van der Waals surface area contributed by atoms with Crippen LogP contribution in [0.5, 0.6) is 5.75 Å². The third kappa shape index (κ3) is 5.30. The molecule has 0 saturated carbocycles. The molecule has 0 saturated heterocycles. The average molecular weight is 265 g/mol. The molecule has 0 heterocycles. The number of carbonyl (C=O) groups excluding carboxylic acids is 1. The van der Waals surface area contributed by atoms with Crippen molar-refractivity contribution in [3.8, 4) is 5.75 Å². The second-order valence-electron chi connectivity index (χ2n) is 4.91. The zero-order valence-corrected chi connectivity index (χ0v) is 12.1. The molecule has 1 aromatic rings. The molecular formula is C15H23NO3. The van der Waals surface area contributed by atoms with Crippen LogP contribution in [-0.2, 0) is 9.53 Å². The number of nitrogens with one attached hydrogen (secondary N) is 1. The first kappa shape index (κ1) is 15.5. The second-order valence-corrected chi connectivity index (χ2v) is 4.91. The number of hydrogen-bond donors (Lipinski definition) is 1. The molecule has 1 N–H and O–H groups in total. The fourth-order valence-electron chi connectivity index (χ4n) is 1.84. The molecule has 19 heavy (non-hydrogen) atoms. The molecule has 1 aromatic carbocycles. The summed E-state index contributed by atoms with van der Waals surface area (Å²) in [6, 6.07) is 7.78. The van der Waals surface area contributed by atoms with E-state index in [0.717, 1.165) is 11.3 Å². The van der Waals surface area contributed by atoms with Crippen LogP contribution in [0.1, 0.15) is 32.3 Å². The van der Waals surface area contributed by atoms with Crippen LogP contribution in [-0.4, -0.2) is 32.3 Å². The Kier molecular flexibility index (Phi) is 6.36. The molecule has 0 spiro atoms. The van der Waals surface area contributed by atoms with Gasteiger partial charge >= 0.3 is 0 Å². The van der Waals surface area contributed by atoms with Crippen molar-refractivity contribution in [3.05, 3.63) is 29.8 Å². The highest BCUT2D eigenvalue weighted by Gasteiger charge is 2.10. The Balaban J connectivity index is 2.50. The number of carbonyl (C=O) groups is 1. The Hall–Kier alpha value is -1.55. The number of amides is 1. The molecule has 106 valence electrons.